The molecule has 0 bridgehead atoms. The van der Waals surface area contributed by atoms with Crippen LogP contribution in [-0.2, 0) is 4.79 Å². The lowest BCUT2D eigenvalue weighted by atomic mass is 10.1. The molecule has 1 amide bonds. The predicted octanol–water partition coefficient (Wildman–Crippen LogP) is 1.41. The summed E-state index contributed by atoms with van der Waals surface area (Å²) in [5, 5.41) is 18.5. The molecule has 114 valence electrons. The summed E-state index contributed by atoms with van der Waals surface area (Å²) in [6.07, 6.45) is 5.20. The molecule has 0 aliphatic carbocycles. The van der Waals surface area contributed by atoms with E-state index >= 15 is 0 Å². The van der Waals surface area contributed by atoms with Gasteiger partial charge in [-0.25, -0.2) is 4.79 Å². The number of nitrogens with zero attached hydrogens (tertiary/aromatic N) is 2. The van der Waals surface area contributed by atoms with E-state index in [1.54, 1.807) is 13.8 Å². The molecule has 0 unspecified atom stereocenters. The Morgan fingerprint density at radius 3 is 2.62 bits per heavy atom. The van der Waals surface area contributed by atoms with Crippen molar-refractivity contribution in [2.45, 2.75) is 26.4 Å². The van der Waals surface area contributed by atoms with Crippen molar-refractivity contribution in [3.63, 3.8) is 0 Å². The van der Waals surface area contributed by atoms with E-state index < -0.39 is 11.6 Å². The lowest BCUT2D eigenvalue weighted by Crippen LogP contribution is -2.42. The highest BCUT2D eigenvalue weighted by Crippen LogP contribution is 2.14. The fourth-order valence-electron chi connectivity index (χ4n) is 1.86. The Labute approximate surface area is 123 Å². The molecule has 0 fully saturated rings. The molecule has 1 aromatic heterocycles. The Hall–Kier alpha value is -2.21. The molecule has 1 rings (SSSR count). The lowest BCUT2D eigenvalue weighted by Gasteiger charge is -2.28. The Balaban J connectivity index is 3.08. The number of carbonyl (C=O) groups is 2. The summed E-state index contributed by atoms with van der Waals surface area (Å²) in [4.78, 5) is 28.5. The van der Waals surface area contributed by atoms with Crippen LogP contribution in [0.1, 0.15) is 36.7 Å². The number of hydrogen-bond donors (Lipinski definition) is 2. The number of carbonyl (C=O) groups excluding carboxylic acids is 1. The van der Waals surface area contributed by atoms with E-state index in [1.165, 1.54) is 29.4 Å². The van der Waals surface area contributed by atoms with Crippen LogP contribution < -0.4 is 0 Å². The SMILES string of the molecule is CCN(CC(C)(C)O)C(=O)c1ccncc1C=CC(=O)O. The molecule has 1 heterocycles. The second-order valence-corrected chi connectivity index (χ2v) is 5.27. The average Bonchev–Trinajstić information content (AvgIpc) is 2.41. The summed E-state index contributed by atoms with van der Waals surface area (Å²) in [5.74, 6) is -1.37. The van der Waals surface area contributed by atoms with E-state index in [0.29, 0.717) is 17.7 Å². The summed E-state index contributed by atoms with van der Waals surface area (Å²) < 4.78 is 0. The predicted molar refractivity (Wildman–Crippen MR) is 78.8 cm³/mol. The summed E-state index contributed by atoms with van der Waals surface area (Å²) in [6, 6.07) is 1.54. The molecular weight excluding hydrogens is 272 g/mol. The Morgan fingerprint density at radius 1 is 1.43 bits per heavy atom. The van der Waals surface area contributed by atoms with Gasteiger partial charge in [-0.2, -0.15) is 0 Å². The van der Waals surface area contributed by atoms with Gasteiger partial charge in [0, 0.05) is 42.7 Å². The van der Waals surface area contributed by atoms with Gasteiger partial charge in [0.15, 0.2) is 0 Å². The molecule has 0 radical (unpaired) electrons. The second-order valence-electron chi connectivity index (χ2n) is 5.27. The zero-order valence-corrected chi connectivity index (χ0v) is 12.4. The van der Waals surface area contributed by atoms with Crippen LogP contribution in [0.5, 0.6) is 0 Å². The number of aromatic nitrogens is 1. The standard InChI is InChI=1S/C15H20N2O4/c1-4-17(10-15(2,3)21)14(20)12-7-8-16-9-11(12)5-6-13(18)19/h5-9,21H,4,10H2,1-3H3,(H,18,19). The van der Waals surface area contributed by atoms with Crippen molar-refractivity contribution in [3.05, 3.63) is 35.7 Å². The zero-order chi connectivity index (χ0) is 16.0. The van der Waals surface area contributed by atoms with Gasteiger partial charge < -0.3 is 15.1 Å². The summed E-state index contributed by atoms with van der Waals surface area (Å²) >= 11 is 0. The van der Waals surface area contributed by atoms with Crippen LogP contribution in [0.25, 0.3) is 6.08 Å². The lowest BCUT2D eigenvalue weighted by molar-refractivity contribution is -0.131. The third-order valence-electron chi connectivity index (χ3n) is 2.73. The number of pyridine rings is 1. The number of carboxylic acid groups (broad SMARTS) is 1. The summed E-state index contributed by atoms with van der Waals surface area (Å²) in [6.45, 7) is 5.69. The minimum atomic E-state index is -1.10. The molecule has 1 aromatic rings. The fourth-order valence-corrected chi connectivity index (χ4v) is 1.86. The van der Waals surface area contributed by atoms with E-state index in [9.17, 15) is 14.7 Å². The average molecular weight is 292 g/mol. The van der Waals surface area contributed by atoms with Gasteiger partial charge in [0.05, 0.1) is 5.60 Å². The summed E-state index contributed by atoms with van der Waals surface area (Å²) in [7, 11) is 0. The maximum Gasteiger partial charge on any atom is 0.328 e. The first kappa shape index (κ1) is 16.8. The molecule has 2 N–H and O–H groups in total. The van der Waals surface area contributed by atoms with Crippen molar-refractivity contribution in [1.29, 1.82) is 0 Å². The summed E-state index contributed by atoms with van der Waals surface area (Å²) in [5.41, 5.74) is -0.219. The van der Waals surface area contributed by atoms with Gasteiger partial charge in [0.25, 0.3) is 5.91 Å². The third-order valence-corrected chi connectivity index (χ3v) is 2.73. The molecule has 0 aliphatic rings. The van der Waals surface area contributed by atoms with Gasteiger partial charge in [-0.05, 0) is 32.9 Å². The van der Waals surface area contributed by atoms with Crippen molar-refractivity contribution in [2.24, 2.45) is 0 Å². The number of amides is 1. The monoisotopic (exact) mass is 292 g/mol. The van der Waals surface area contributed by atoms with Crippen LogP contribution in [0.4, 0.5) is 0 Å². The van der Waals surface area contributed by atoms with Gasteiger partial charge in [-0.3, -0.25) is 9.78 Å². The number of rotatable bonds is 6. The molecule has 0 aliphatic heterocycles. The van der Waals surface area contributed by atoms with Gasteiger partial charge in [0.1, 0.15) is 0 Å². The molecular formula is C15H20N2O4. The first-order valence-corrected chi connectivity index (χ1v) is 6.61. The van der Waals surface area contributed by atoms with Crippen LogP contribution in [0.15, 0.2) is 24.5 Å². The molecule has 0 aromatic carbocycles. The van der Waals surface area contributed by atoms with Crippen molar-refractivity contribution in [3.8, 4) is 0 Å². The van der Waals surface area contributed by atoms with Gasteiger partial charge in [0.2, 0.25) is 0 Å². The topological polar surface area (TPSA) is 90.7 Å². The van der Waals surface area contributed by atoms with Crippen LogP contribution >= 0.6 is 0 Å². The maximum atomic E-state index is 12.5. The number of carboxylic acids is 1. The molecule has 0 saturated carbocycles. The molecule has 0 atom stereocenters. The molecule has 6 nitrogen and oxygen atoms in total. The van der Waals surface area contributed by atoms with Gasteiger partial charge >= 0.3 is 5.97 Å². The molecule has 21 heavy (non-hydrogen) atoms. The van der Waals surface area contributed by atoms with Crippen molar-refractivity contribution >= 4 is 18.0 Å². The normalized spacial score (nSPS) is 11.6. The first-order chi connectivity index (χ1) is 9.74. The van der Waals surface area contributed by atoms with Crippen molar-refractivity contribution in [1.82, 2.24) is 9.88 Å². The van der Waals surface area contributed by atoms with Gasteiger partial charge in [-0.15, -0.1) is 0 Å². The highest BCUT2D eigenvalue weighted by molar-refractivity contribution is 5.98. The zero-order valence-electron chi connectivity index (χ0n) is 12.4. The van der Waals surface area contributed by atoms with E-state index in [4.69, 9.17) is 5.11 Å². The van der Waals surface area contributed by atoms with Crippen LogP contribution in [0, 0.1) is 0 Å². The van der Waals surface area contributed by atoms with E-state index in [0.717, 1.165) is 6.08 Å². The molecule has 0 saturated heterocycles. The Kier molecular flexibility index (Phi) is 5.60. The second kappa shape index (κ2) is 6.99. The number of likely N-dealkylation sites (N-methyl/N-ethyl adjacent to an activating group) is 1. The minimum Gasteiger partial charge on any atom is -0.478 e. The van der Waals surface area contributed by atoms with Crippen LogP contribution in [0.2, 0.25) is 0 Å². The van der Waals surface area contributed by atoms with Gasteiger partial charge in [-0.1, -0.05) is 0 Å². The van der Waals surface area contributed by atoms with Crippen LogP contribution in [-0.4, -0.2) is 50.7 Å². The highest BCUT2D eigenvalue weighted by Gasteiger charge is 2.23. The van der Waals surface area contributed by atoms with E-state index in [2.05, 4.69) is 4.98 Å². The first-order valence-electron chi connectivity index (χ1n) is 6.61. The molecule has 6 heteroatoms. The fraction of sp³-hybridized carbons (Fsp3) is 0.400. The largest absolute Gasteiger partial charge is 0.478 e. The minimum absolute atomic E-state index is 0.187. The maximum absolute atomic E-state index is 12.5. The quantitative estimate of drug-likeness (QED) is 0.774. The van der Waals surface area contributed by atoms with E-state index in [-0.39, 0.29) is 12.5 Å². The van der Waals surface area contributed by atoms with E-state index in [1.807, 2.05) is 6.92 Å². The number of aliphatic hydroxyl groups is 1. The number of hydrogen-bond acceptors (Lipinski definition) is 4. The van der Waals surface area contributed by atoms with Crippen molar-refractivity contribution < 1.29 is 19.8 Å². The van der Waals surface area contributed by atoms with Crippen LogP contribution in [0.3, 0.4) is 0 Å². The number of aliphatic carboxylic acids is 1. The third kappa shape index (κ3) is 5.35. The van der Waals surface area contributed by atoms with Crippen molar-refractivity contribution in [2.75, 3.05) is 13.1 Å². The molecule has 0 spiro atoms. The Morgan fingerprint density at radius 2 is 2.10 bits per heavy atom. The smallest absolute Gasteiger partial charge is 0.328 e. The Bertz CT molecular complexity index is 547. The highest BCUT2D eigenvalue weighted by atomic mass is 16.4.